The van der Waals surface area contributed by atoms with Crippen LogP contribution in [0.2, 0.25) is 0 Å². The number of hydrogen-bond donors (Lipinski definition) is 1. The second-order valence-corrected chi connectivity index (χ2v) is 7.72. The zero-order valence-corrected chi connectivity index (χ0v) is 17.2. The smallest absolute Gasteiger partial charge is 0.282 e. The Labute approximate surface area is 180 Å². The number of halogens is 1. The molecule has 3 aromatic carbocycles. The van der Waals surface area contributed by atoms with Crippen molar-refractivity contribution in [1.82, 2.24) is 4.90 Å². The first-order valence-corrected chi connectivity index (χ1v) is 9.93. The molecule has 1 heterocycles. The largest absolute Gasteiger partial charge is 0.324 e. The molecule has 0 radical (unpaired) electrons. The third-order valence-corrected chi connectivity index (χ3v) is 5.41. The van der Waals surface area contributed by atoms with E-state index in [1.165, 1.54) is 23.1 Å². The molecule has 0 unspecified atom stereocenters. The molecule has 0 fully saturated rings. The molecule has 2 amide bonds. The van der Waals surface area contributed by atoms with E-state index in [4.69, 9.17) is 0 Å². The van der Waals surface area contributed by atoms with Gasteiger partial charge in [-0.2, -0.15) is 0 Å². The first kappa shape index (κ1) is 19.8. The van der Waals surface area contributed by atoms with Gasteiger partial charge < -0.3 is 10.2 Å². The number of anilines is 1. The average molecular weight is 466 g/mol. The van der Waals surface area contributed by atoms with Crippen LogP contribution < -0.4 is 5.32 Å². The molecule has 0 aromatic heterocycles. The Morgan fingerprint density at radius 2 is 1.77 bits per heavy atom. The molecule has 0 saturated carbocycles. The highest BCUT2D eigenvalue weighted by atomic mass is 79.9. The Kier molecular flexibility index (Phi) is 5.33. The molecule has 7 nitrogen and oxygen atoms in total. The lowest BCUT2D eigenvalue weighted by Gasteiger charge is -2.30. The number of amides is 2. The number of fused-ring (bicyclic) bond motifs is 1. The average Bonchev–Trinajstić information content (AvgIpc) is 2.89. The van der Waals surface area contributed by atoms with Crippen molar-refractivity contribution in [2.24, 2.45) is 0 Å². The summed E-state index contributed by atoms with van der Waals surface area (Å²) in [5, 5.41) is 14.3. The quantitative estimate of drug-likeness (QED) is 0.453. The van der Waals surface area contributed by atoms with Crippen LogP contribution in [-0.4, -0.2) is 28.2 Å². The summed E-state index contributed by atoms with van der Waals surface area (Å²) >= 11 is 3.46. The number of nitrogens with zero attached hydrogens (tertiary/aromatic N) is 2. The summed E-state index contributed by atoms with van der Waals surface area (Å²) in [7, 11) is 0. The SMILES string of the molecule is O=C1CN(C(=O)c2ccccc2[N+](=O)[O-])[C@H](c2ccccc2)c2cc(Br)ccc2N1. The summed E-state index contributed by atoms with van der Waals surface area (Å²) < 4.78 is 0.788. The van der Waals surface area contributed by atoms with Gasteiger partial charge in [-0.25, -0.2) is 0 Å². The number of hydrogen-bond acceptors (Lipinski definition) is 4. The molecule has 1 aliphatic rings. The van der Waals surface area contributed by atoms with Gasteiger partial charge in [0.15, 0.2) is 0 Å². The standard InChI is InChI=1S/C22H16BrN3O4/c23-15-10-11-18-17(12-15)21(14-6-2-1-3-7-14)25(13-20(27)24-18)22(28)16-8-4-5-9-19(16)26(29)30/h1-12,21H,13H2,(H,24,27)/t21-/m1/s1. The van der Waals surface area contributed by atoms with Crippen molar-refractivity contribution in [3.05, 3.63) is 104 Å². The minimum absolute atomic E-state index is 0.0605. The normalized spacial score (nSPS) is 15.7. The molecular weight excluding hydrogens is 450 g/mol. The van der Waals surface area contributed by atoms with E-state index < -0.39 is 16.9 Å². The summed E-state index contributed by atoms with van der Waals surface area (Å²) in [6, 6.07) is 19.9. The highest BCUT2D eigenvalue weighted by molar-refractivity contribution is 9.10. The van der Waals surface area contributed by atoms with E-state index in [0.29, 0.717) is 11.3 Å². The van der Waals surface area contributed by atoms with E-state index in [1.807, 2.05) is 36.4 Å². The van der Waals surface area contributed by atoms with Gasteiger partial charge in [-0.05, 0) is 29.8 Å². The lowest BCUT2D eigenvalue weighted by Crippen LogP contribution is -2.39. The Hall–Kier alpha value is -3.52. The maximum Gasteiger partial charge on any atom is 0.282 e. The lowest BCUT2D eigenvalue weighted by molar-refractivity contribution is -0.385. The van der Waals surface area contributed by atoms with E-state index >= 15 is 0 Å². The van der Waals surface area contributed by atoms with Crippen LogP contribution in [0.3, 0.4) is 0 Å². The molecule has 4 rings (SSSR count). The summed E-state index contributed by atoms with van der Waals surface area (Å²) in [5.41, 5.74) is 1.74. The van der Waals surface area contributed by atoms with Gasteiger partial charge in [-0.1, -0.05) is 58.4 Å². The van der Waals surface area contributed by atoms with E-state index in [9.17, 15) is 19.7 Å². The van der Waals surface area contributed by atoms with Crippen LogP contribution in [0.1, 0.15) is 27.5 Å². The number of benzene rings is 3. The molecule has 0 aliphatic carbocycles. The van der Waals surface area contributed by atoms with E-state index in [2.05, 4.69) is 21.2 Å². The Morgan fingerprint density at radius 1 is 1.07 bits per heavy atom. The van der Waals surface area contributed by atoms with E-state index in [0.717, 1.165) is 10.0 Å². The van der Waals surface area contributed by atoms with Crippen LogP contribution in [0, 0.1) is 10.1 Å². The number of nitrogens with one attached hydrogen (secondary N) is 1. The molecule has 1 aliphatic heterocycles. The maximum atomic E-state index is 13.5. The molecular formula is C22H16BrN3O4. The van der Waals surface area contributed by atoms with Crippen molar-refractivity contribution < 1.29 is 14.5 Å². The van der Waals surface area contributed by atoms with Gasteiger partial charge in [0.1, 0.15) is 12.1 Å². The Bertz CT molecular complexity index is 1150. The number of rotatable bonds is 3. The van der Waals surface area contributed by atoms with Crippen LogP contribution in [0.25, 0.3) is 0 Å². The number of para-hydroxylation sites is 1. The fourth-order valence-corrected chi connectivity index (χ4v) is 4.01. The van der Waals surface area contributed by atoms with Gasteiger partial charge in [0.25, 0.3) is 11.6 Å². The topological polar surface area (TPSA) is 92.5 Å². The summed E-state index contributed by atoms with van der Waals surface area (Å²) in [5.74, 6) is -0.955. The van der Waals surface area contributed by atoms with Gasteiger partial charge in [0.05, 0.1) is 11.0 Å². The summed E-state index contributed by atoms with van der Waals surface area (Å²) in [6.07, 6.45) is 0. The Morgan fingerprint density at radius 3 is 2.50 bits per heavy atom. The highest BCUT2D eigenvalue weighted by Crippen LogP contribution is 2.38. The molecule has 0 spiro atoms. The third kappa shape index (κ3) is 3.69. The van der Waals surface area contributed by atoms with Crippen molar-refractivity contribution in [3.63, 3.8) is 0 Å². The second-order valence-electron chi connectivity index (χ2n) is 6.80. The van der Waals surface area contributed by atoms with E-state index in [1.54, 1.807) is 18.2 Å². The highest BCUT2D eigenvalue weighted by Gasteiger charge is 2.36. The predicted molar refractivity (Wildman–Crippen MR) is 115 cm³/mol. The summed E-state index contributed by atoms with van der Waals surface area (Å²) in [4.78, 5) is 38.4. The fraction of sp³-hybridized carbons (Fsp3) is 0.0909. The van der Waals surface area contributed by atoms with Crippen LogP contribution in [-0.2, 0) is 4.79 Å². The van der Waals surface area contributed by atoms with Crippen molar-refractivity contribution in [1.29, 1.82) is 0 Å². The lowest BCUT2D eigenvalue weighted by atomic mass is 9.95. The van der Waals surface area contributed by atoms with Crippen LogP contribution in [0.4, 0.5) is 11.4 Å². The minimum Gasteiger partial charge on any atom is -0.324 e. The number of carbonyl (C=O) groups excluding carboxylic acids is 2. The van der Waals surface area contributed by atoms with Gasteiger partial charge in [-0.15, -0.1) is 0 Å². The molecule has 0 bridgehead atoms. The van der Waals surface area contributed by atoms with Gasteiger partial charge in [0, 0.05) is 21.8 Å². The third-order valence-electron chi connectivity index (χ3n) is 4.92. The molecule has 1 atom stereocenters. The van der Waals surface area contributed by atoms with Crippen LogP contribution in [0.5, 0.6) is 0 Å². The number of nitro groups is 1. The van der Waals surface area contributed by atoms with Crippen molar-refractivity contribution in [2.75, 3.05) is 11.9 Å². The van der Waals surface area contributed by atoms with Gasteiger partial charge in [-0.3, -0.25) is 19.7 Å². The fourth-order valence-electron chi connectivity index (χ4n) is 3.63. The molecule has 30 heavy (non-hydrogen) atoms. The van der Waals surface area contributed by atoms with Crippen LogP contribution >= 0.6 is 15.9 Å². The Balaban J connectivity index is 1.92. The molecule has 0 saturated heterocycles. The van der Waals surface area contributed by atoms with Crippen molar-refractivity contribution in [3.8, 4) is 0 Å². The molecule has 8 heteroatoms. The summed E-state index contributed by atoms with van der Waals surface area (Å²) in [6.45, 7) is -0.239. The zero-order chi connectivity index (χ0) is 21.3. The van der Waals surface area contributed by atoms with Crippen molar-refractivity contribution >= 4 is 39.1 Å². The first-order chi connectivity index (χ1) is 14.5. The number of nitro benzene ring substituents is 1. The van der Waals surface area contributed by atoms with E-state index in [-0.39, 0.29) is 23.7 Å². The predicted octanol–water partition coefficient (Wildman–Crippen LogP) is 4.54. The molecule has 3 aromatic rings. The second kappa shape index (κ2) is 8.08. The molecule has 1 N–H and O–H groups in total. The first-order valence-electron chi connectivity index (χ1n) is 9.14. The van der Waals surface area contributed by atoms with Crippen LogP contribution in [0.15, 0.2) is 77.3 Å². The minimum atomic E-state index is -0.607. The number of carbonyl (C=O) groups is 2. The molecule has 150 valence electrons. The monoisotopic (exact) mass is 465 g/mol. The van der Waals surface area contributed by atoms with Gasteiger partial charge in [0.2, 0.25) is 5.91 Å². The van der Waals surface area contributed by atoms with Crippen molar-refractivity contribution in [2.45, 2.75) is 6.04 Å². The van der Waals surface area contributed by atoms with Gasteiger partial charge >= 0.3 is 0 Å². The maximum absolute atomic E-state index is 13.5. The zero-order valence-electron chi connectivity index (χ0n) is 15.6.